The third-order valence-electron chi connectivity index (χ3n) is 6.92. The van der Waals surface area contributed by atoms with E-state index in [1.54, 1.807) is 27.9 Å². The zero-order valence-electron chi connectivity index (χ0n) is 18.2. The van der Waals surface area contributed by atoms with Crippen molar-refractivity contribution in [3.63, 3.8) is 0 Å². The fraction of sp³-hybridized carbons (Fsp3) is 0.308. The van der Waals surface area contributed by atoms with Gasteiger partial charge in [0.05, 0.1) is 0 Å². The Balaban J connectivity index is 1.92. The number of halogens is 1. The molecule has 0 nitrogen and oxygen atoms in total. The van der Waals surface area contributed by atoms with Crippen LogP contribution in [0.2, 0.25) is 21.7 Å². The summed E-state index contributed by atoms with van der Waals surface area (Å²) in [6.45, 7) is 14.6. The van der Waals surface area contributed by atoms with Gasteiger partial charge in [0.1, 0.15) is 0 Å². The standard InChI is InChI=1S/C15H10Cl.C9H13.C2H6Si.Zr/c16-15-8-4-3-7-14(15)13-10-9-11-5-1-2-6-12(11)13;1-6-5-7(2)9(4)8(6)3;1-3-2;/h1-10H;5H,1-4H3;1-2H3;. The number of hydrogen-bond acceptors (Lipinski definition) is 0. The zero-order chi connectivity index (χ0) is 20.9. The van der Waals surface area contributed by atoms with Crippen LogP contribution in [0.1, 0.15) is 48.0 Å². The van der Waals surface area contributed by atoms with Crippen molar-refractivity contribution in [2.24, 2.45) is 0 Å². The third-order valence-corrected chi connectivity index (χ3v) is 26.9. The molecular formula is C26H29ClSiZr. The number of fused-ring (bicyclic) bond motifs is 1. The van der Waals surface area contributed by atoms with Crippen LogP contribution in [0.5, 0.6) is 0 Å². The summed E-state index contributed by atoms with van der Waals surface area (Å²) in [5.41, 5.74) is 11.6. The van der Waals surface area contributed by atoms with Gasteiger partial charge in [0.15, 0.2) is 0 Å². The number of allylic oxidation sites excluding steroid dienone is 5. The molecule has 0 aromatic heterocycles. The van der Waals surface area contributed by atoms with Gasteiger partial charge in [0.25, 0.3) is 0 Å². The van der Waals surface area contributed by atoms with E-state index in [-0.39, 0.29) is 5.43 Å². The summed E-state index contributed by atoms with van der Waals surface area (Å²) in [6, 6.07) is 17.4. The topological polar surface area (TPSA) is 0 Å². The van der Waals surface area contributed by atoms with Crippen molar-refractivity contribution in [2.45, 2.75) is 48.0 Å². The second-order valence-electron chi connectivity index (χ2n) is 8.63. The van der Waals surface area contributed by atoms with Crippen LogP contribution < -0.4 is 0 Å². The minimum absolute atomic E-state index is 0.356. The fourth-order valence-electron chi connectivity index (χ4n) is 5.13. The summed E-state index contributed by atoms with van der Waals surface area (Å²) in [7, 11) is 0. The molecular weight excluding hydrogens is 467 g/mol. The molecule has 0 bridgehead atoms. The summed E-state index contributed by atoms with van der Waals surface area (Å²) in [6.07, 6.45) is 2.61. The second kappa shape index (κ2) is 8.29. The van der Waals surface area contributed by atoms with E-state index in [0.717, 1.165) is 8.65 Å². The molecule has 1 atom stereocenters. The molecule has 0 heterocycles. The van der Waals surface area contributed by atoms with Crippen molar-refractivity contribution in [3.8, 4) is 0 Å². The predicted octanol–water partition coefficient (Wildman–Crippen LogP) is 8.17. The minimum atomic E-state index is -1.90. The van der Waals surface area contributed by atoms with Crippen LogP contribution in [0, 0.1) is 0 Å². The van der Waals surface area contributed by atoms with E-state index in [1.807, 2.05) is 12.1 Å². The monoisotopic (exact) mass is 494 g/mol. The van der Waals surface area contributed by atoms with Gasteiger partial charge in [-0.1, -0.05) is 0 Å². The van der Waals surface area contributed by atoms with Crippen LogP contribution in [-0.2, 0) is 20.4 Å². The Labute approximate surface area is 188 Å². The van der Waals surface area contributed by atoms with Gasteiger partial charge in [-0.3, -0.25) is 0 Å². The molecule has 2 aromatic rings. The Bertz CT molecular complexity index is 1100. The van der Waals surface area contributed by atoms with Gasteiger partial charge in [-0.2, -0.15) is 0 Å². The first-order valence-corrected chi connectivity index (χ1v) is 19.8. The van der Waals surface area contributed by atoms with Gasteiger partial charge in [-0.05, 0) is 0 Å². The second-order valence-corrected chi connectivity index (χ2v) is 27.0. The fourth-order valence-corrected chi connectivity index (χ4v) is 25.9. The molecule has 0 radical (unpaired) electrons. The van der Waals surface area contributed by atoms with Crippen molar-refractivity contribution in [2.75, 3.05) is 0 Å². The summed E-state index contributed by atoms with van der Waals surface area (Å²) >= 11 is 4.74. The first kappa shape index (κ1) is 21.3. The van der Waals surface area contributed by atoms with Crippen molar-refractivity contribution >= 4 is 22.6 Å². The molecule has 0 aliphatic heterocycles. The molecule has 1 unspecified atom stereocenters. The molecule has 3 heteroatoms. The predicted molar refractivity (Wildman–Crippen MR) is 126 cm³/mol. The molecule has 2 aromatic carbocycles. The summed E-state index contributed by atoms with van der Waals surface area (Å²) < 4.78 is 1.39. The first-order chi connectivity index (χ1) is 13.8. The molecule has 0 saturated carbocycles. The Morgan fingerprint density at radius 3 is 1.93 bits per heavy atom. The molecule has 4 rings (SSSR count). The van der Waals surface area contributed by atoms with E-state index >= 15 is 0 Å². The van der Waals surface area contributed by atoms with Crippen LogP contribution in [0.4, 0.5) is 0 Å². The summed E-state index contributed by atoms with van der Waals surface area (Å²) in [5.74, 6) is 0. The average Bonchev–Trinajstić information content (AvgIpc) is 3.16. The van der Waals surface area contributed by atoms with Crippen molar-refractivity contribution in [1.29, 1.82) is 0 Å². The van der Waals surface area contributed by atoms with E-state index in [4.69, 9.17) is 11.6 Å². The van der Waals surface area contributed by atoms with Gasteiger partial charge >= 0.3 is 190 Å². The molecule has 148 valence electrons. The van der Waals surface area contributed by atoms with Crippen LogP contribution in [0.3, 0.4) is 0 Å². The number of hydrogen-bond donors (Lipinski definition) is 0. The van der Waals surface area contributed by atoms with Crippen LogP contribution in [-0.4, -0.2) is 5.43 Å². The van der Waals surface area contributed by atoms with E-state index in [2.05, 4.69) is 83.3 Å². The maximum atomic E-state index is 6.64. The van der Waals surface area contributed by atoms with Gasteiger partial charge in [-0.15, -0.1) is 0 Å². The quantitative estimate of drug-likeness (QED) is 0.376. The Hall–Kier alpha value is -0.950. The van der Waals surface area contributed by atoms with Crippen molar-refractivity contribution < 1.29 is 20.4 Å². The SMILES string of the molecule is CC1=C(C)[CH]([Zr]([CH]2C=C(c3ccccc3Cl)c3ccccc32)=[Si](C)C)C(C)=C1C. The van der Waals surface area contributed by atoms with Crippen LogP contribution in [0.25, 0.3) is 5.57 Å². The van der Waals surface area contributed by atoms with E-state index in [9.17, 15) is 0 Å². The van der Waals surface area contributed by atoms with Crippen LogP contribution in [0.15, 0.2) is 76.9 Å². The molecule has 0 amide bonds. The van der Waals surface area contributed by atoms with Crippen molar-refractivity contribution in [1.82, 2.24) is 0 Å². The van der Waals surface area contributed by atoms with Gasteiger partial charge < -0.3 is 0 Å². The number of rotatable bonds is 3. The number of benzene rings is 2. The molecule has 0 fully saturated rings. The zero-order valence-corrected chi connectivity index (χ0v) is 22.4. The Kier molecular flexibility index (Phi) is 6.09. The van der Waals surface area contributed by atoms with Gasteiger partial charge in [-0.25, -0.2) is 0 Å². The van der Waals surface area contributed by atoms with Gasteiger partial charge in [0.2, 0.25) is 0 Å². The van der Waals surface area contributed by atoms with E-state index in [0.29, 0.717) is 3.63 Å². The molecule has 29 heavy (non-hydrogen) atoms. The van der Waals surface area contributed by atoms with Crippen molar-refractivity contribution in [3.05, 3.63) is 98.6 Å². The molecule has 0 saturated heterocycles. The van der Waals surface area contributed by atoms with E-state index < -0.39 is 20.4 Å². The molecule has 2 aliphatic rings. The maximum absolute atomic E-state index is 6.64. The van der Waals surface area contributed by atoms with E-state index in [1.165, 1.54) is 16.7 Å². The molecule has 0 spiro atoms. The Morgan fingerprint density at radius 1 is 0.793 bits per heavy atom. The first-order valence-electron chi connectivity index (χ1n) is 10.4. The summed E-state index contributed by atoms with van der Waals surface area (Å²) in [4.78, 5) is 0. The summed E-state index contributed by atoms with van der Waals surface area (Å²) in [5, 5.41) is 0.859. The average molecular weight is 496 g/mol. The van der Waals surface area contributed by atoms with Gasteiger partial charge in [0, 0.05) is 0 Å². The third kappa shape index (κ3) is 3.56. The molecule has 0 N–H and O–H groups in total. The van der Waals surface area contributed by atoms with Crippen LogP contribution >= 0.6 is 11.6 Å². The molecule has 2 aliphatic carbocycles. The normalized spacial score (nSPS) is 19.0. The Morgan fingerprint density at radius 2 is 1.34 bits per heavy atom.